The van der Waals surface area contributed by atoms with Crippen molar-refractivity contribution in [2.24, 2.45) is 0 Å². The van der Waals surface area contributed by atoms with Crippen LogP contribution in [-0.4, -0.2) is 13.4 Å². The molecular weight excluding hydrogens is 994 g/mol. The minimum Gasteiger partial charge on any atom is -0.458 e. The third-order valence-electron chi connectivity index (χ3n) is 18.3. The Kier molecular flexibility index (Phi) is 12.0. The Labute approximate surface area is 489 Å². The molecule has 13 rings (SSSR count). The summed E-state index contributed by atoms with van der Waals surface area (Å²) in [5.74, 6) is 3.64. The lowest BCUT2D eigenvalue weighted by Gasteiger charge is -2.45. The smallest absolute Gasteiger partial charge is 0.256 e. The zero-order chi connectivity index (χ0) is 58.0. The van der Waals surface area contributed by atoms with E-state index in [9.17, 15) is 0 Å². The summed E-state index contributed by atoms with van der Waals surface area (Å²) in [5, 5.41) is 0. The Bertz CT molecular complexity index is 3840. The number of rotatable bonds is 4. The van der Waals surface area contributed by atoms with Crippen molar-refractivity contribution in [3.63, 3.8) is 0 Å². The lowest BCUT2D eigenvalue weighted by molar-refractivity contribution is 0.483. The molecule has 6 heteroatoms. The van der Waals surface area contributed by atoms with Gasteiger partial charge in [0.15, 0.2) is 0 Å². The SMILES string of the molecule is Cc1cc(C)c(N2c3cc4c(cc3B3c5ccc(C(C)(C)C)cc5Oc5cc(-c6ccc(C(C)(C)C)cc6)cc2c53)N(c2c(C)cc(C)cc2C)c2cc(-c3ccc(C(C)(C)C)cc3)cc3c2B4c2ccc(C(C)(C)C)cc2O3)c(C)c1. The number of fused-ring (bicyclic) bond motifs is 8. The van der Waals surface area contributed by atoms with Gasteiger partial charge < -0.3 is 19.3 Å². The molecule has 9 aromatic carbocycles. The first-order valence-corrected chi connectivity index (χ1v) is 29.8. The molecule has 0 saturated heterocycles. The fourth-order valence-corrected chi connectivity index (χ4v) is 14.1. The molecule has 0 unspecified atom stereocenters. The summed E-state index contributed by atoms with van der Waals surface area (Å²) in [6.45, 7) is 40.8. The first-order valence-electron chi connectivity index (χ1n) is 29.8. The molecule has 0 spiro atoms. The average Bonchev–Trinajstić information content (AvgIpc) is 1.06. The van der Waals surface area contributed by atoms with Crippen LogP contribution in [0.3, 0.4) is 0 Å². The van der Waals surface area contributed by atoms with Crippen LogP contribution in [-0.2, 0) is 21.7 Å². The van der Waals surface area contributed by atoms with Crippen molar-refractivity contribution in [2.45, 2.75) is 146 Å². The molecule has 0 amide bonds. The van der Waals surface area contributed by atoms with E-state index in [1.165, 1.54) is 111 Å². The molecule has 0 atom stereocenters. The van der Waals surface area contributed by atoms with E-state index in [1.54, 1.807) is 0 Å². The van der Waals surface area contributed by atoms with Gasteiger partial charge in [-0.15, -0.1) is 0 Å². The number of ether oxygens (including phenoxy) is 2. The monoisotopic (exact) mass is 1070 g/mol. The average molecular weight is 1070 g/mol. The molecule has 0 aromatic heterocycles. The number of benzene rings is 9. The van der Waals surface area contributed by atoms with Crippen molar-refractivity contribution in [1.82, 2.24) is 0 Å². The Hall–Kier alpha value is -7.69. The zero-order valence-corrected chi connectivity index (χ0v) is 51.7. The van der Waals surface area contributed by atoms with Crippen molar-refractivity contribution < 1.29 is 9.47 Å². The summed E-state index contributed by atoms with van der Waals surface area (Å²) in [7, 11) is 0. The third kappa shape index (κ3) is 8.64. The van der Waals surface area contributed by atoms with Crippen molar-refractivity contribution in [3.8, 4) is 45.3 Å². The molecule has 0 N–H and O–H groups in total. The Morgan fingerprint density at radius 1 is 0.293 bits per heavy atom. The van der Waals surface area contributed by atoms with E-state index in [4.69, 9.17) is 9.47 Å². The molecule has 82 heavy (non-hydrogen) atoms. The van der Waals surface area contributed by atoms with Crippen LogP contribution in [0.4, 0.5) is 34.1 Å². The molecular formula is C76H78B2N2O2. The highest BCUT2D eigenvalue weighted by atomic mass is 16.5. The molecule has 4 aliphatic heterocycles. The van der Waals surface area contributed by atoms with Crippen LogP contribution in [0.25, 0.3) is 22.3 Å². The number of aryl methyl sites for hydroxylation is 6. The van der Waals surface area contributed by atoms with Gasteiger partial charge in [0.2, 0.25) is 0 Å². The molecule has 410 valence electrons. The van der Waals surface area contributed by atoms with E-state index in [1.807, 2.05) is 0 Å². The van der Waals surface area contributed by atoms with Gasteiger partial charge in [-0.25, -0.2) is 0 Å². The fraction of sp³-hybridized carbons (Fsp3) is 0.289. The maximum absolute atomic E-state index is 7.43. The molecule has 0 radical (unpaired) electrons. The van der Waals surface area contributed by atoms with E-state index in [-0.39, 0.29) is 35.1 Å². The summed E-state index contributed by atoms with van der Waals surface area (Å²) >= 11 is 0. The minimum atomic E-state index is -0.148. The van der Waals surface area contributed by atoms with Crippen molar-refractivity contribution in [1.29, 1.82) is 0 Å². The number of hydrogen-bond acceptors (Lipinski definition) is 4. The predicted molar refractivity (Wildman–Crippen MR) is 352 cm³/mol. The van der Waals surface area contributed by atoms with Gasteiger partial charge in [0.25, 0.3) is 13.4 Å². The van der Waals surface area contributed by atoms with Gasteiger partial charge in [-0.05, 0) is 211 Å². The Balaban J connectivity index is 1.16. The Morgan fingerprint density at radius 2 is 0.610 bits per heavy atom. The topological polar surface area (TPSA) is 24.9 Å². The van der Waals surface area contributed by atoms with E-state index in [0.717, 1.165) is 56.6 Å². The summed E-state index contributed by atoms with van der Waals surface area (Å²) in [4.78, 5) is 5.24. The van der Waals surface area contributed by atoms with Gasteiger partial charge in [0.05, 0.1) is 11.4 Å². The molecule has 4 heterocycles. The van der Waals surface area contributed by atoms with Gasteiger partial charge in [-0.3, -0.25) is 0 Å². The van der Waals surface area contributed by atoms with Gasteiger partial charge in [0, 0.05) is 22.7 Å². The largest absolute Gasteiger partial charge is 0.458 e. The lowest BCUT2D eigenvalue weighted by atomic mass is 9.31. The Morgan fingerprint density at radius 3 is 0.927 bits per heavy atom. The molecule has 0 aliphatic carbocycles. The van der Waals surface area contributed by atoms with Crippen LogP contribution >= 0.6 is 0 Å². The fourth-order valence-electron chi connectivity index (χ4n) is 14.1. The van der Waals surface area contributed by atoms with Crippen molar-refractivity contribution in [2.75, 3.05) is 9.80 Å². The molecule has 4 aliphatic rings. The molecule has 0 bridgehead atoms. The summed E-state index contributed by atoms with van der Waals surface area (Å²) in [5.41, 5.74) is 31.3. The maximum Gasteiger partial charge on any atom is 0.256 e. The summed E-state index contributed by atoms with van der Waals surface area (Å²) in [6, 6.07) is 56.7. The van der Waals surface area contributed by atoms with E-state index < -0.39 is 0 Å². The summed E-state index contributed by atoms with van der Waals surface area (Å²) < 4.78 is 14.9. The second kappa shape index (κ2) is 18.4. The molecule has 0 fully saturated rings. The highest BCUT2D eigenvalue weighted by molar-refractivity contribution is 7.01. The third-order valence-corrected chi connectivity index (χ3v) is 18.3. The normalized spacial score (nSPS) is 14.1. The van der Waals surface area contributed by atoms with Crippen LogP contribution in [0.15, 0.2) is 146 Å². The number of hydrogen-bond donors (Lipinski definition) is 0. The van der Waals surface area contributed by atoms with Crippen LogP contribution in [0.1, 0.15) is 139 Å². The minimum absolute atomic E-state index is 0.0273. The number of nitrogens with zero attached hydrogens (tertiary/aromatic N) is 2. The second-order valence-corrected chi connectivity index (χ2v) is 28.7. The van der Waals surface area contributed by atoms with Gasteiger partial charge in [0.1, 0.15) is 23.0 Å². The lowest BCUT2D eigenvalue weighted by Crippen LogP contribution is -2.63. The standard InChI is InChI=1S/C76H78B2N2O2/c1-43-31-45(3)71(46(4)32-43)79-61-41-60-62(42-59(61)77-57-29-27-55(75(13,14)15)39-65(57)81-67-37-51(35-63(79)69(67)77)49-19-23-53(24-20-49)73(7,8)9)80(72-47(5)33-44(2)34-48(72)6)64-36-52(50-21-25-54(26-22-50)74(10,11)12)38-68-70(64)78(60)58-30-28-56(76(16,17)18)40-66(58)82-68/h19-42H,1-18H3. The second-order valence-electron chi connectivity index (χ2n) is 28.7. The predicted octanol–water partition coefficient (Wildman–Crippen LogP) is 16.9. The quantitative estimate of drug-likeness (QED) is 0.164. The van der Waals surface area contributed by atoms with E-state index >= 15 is 0 Å². The van der Waals surface area contributed by atoms with Crippen molar-refractivity contribution in [3.05, 3.63) is 201 Å². The van der Waals surface area contributed by atoms with Crippen LogP contribution < -0.4 is 52.1 Å². The van der Waals surface area contributed by atoms with E-state index in [0.29, 0.717) is 0 Å². The van der Waals surface area contributed by atoms with Gasteiger partial charge in [-0.2, -0.15) is 0 Å². The zero-order valence-electron chi connectivity index (χ0n) is 51.7. The highest BCUT2D eigenvalue weighted by Gasteiger charge is 2.48. The maximum atomic E-state index is 7.43. The molecule has 9 aromatic rings. The van der Waals surface area contributed by atoms with Crippen LogP contribution in [0.5, 0.6) is 23.0 Å². The first kappa shape index (κ1) is 53.6. The van der Waals surface area contributed by atoms with Crippen LogP contribution in [0, 0.1) is 41.5 Å². The van der Waals surface area contributed by atoms with E-state index in [2.05, 4.69) is 280 Å². The van der Waals surface area contributed by atoms with Crippen LogP contribution in [0.2, 0.25) is 0 Å². The molecule has 0 saturated carbocycles. The number of anilines is 6. The van der Waals surface area contributed by atoms with Crippen molar-refractivity contribution >= 4 is 80.3 Å². The van der Waals surface area contributed by atoms with Gasteiger partial charge >= 0.3 is 0 Å². The highest BCUT2D eigenvalue weighted by Crippen LogP contribution is 2.50. The first-order chi connectivity index (χ1) is 38.6. The summed E-state index contributed by atoms with van der Waals surface area (Å²) in [6.07, 6.45) is 0. The molecule has 4 nitrogen and oxygen atoms in total. The van der Waals surface area contributed by atoms with Gasteiger partial charge in [-0.1, -0.05) is 191 Å².